The molecule has 1 nitrogen and oxygen atoms in total. The van der Waals surface area contributed by atoms with Crippen LogP contribution < -0.4 is 0 Å². The minimum atomic E-state index is -0.407. The zero-order valence-electron chi connectivity index (χ0n) is 3.06. The van der Waals surface area contributed by atoms with E-state index in [0.717, 1.165) is 0 Å². The van der Waals surface area contributed by atoms with E-state index >= 15 is 0 Å². The van der Waals surface area contributed by atoms with Crippen LogP contribution in [0.5, 0.6) is 0 Å². The Labute approximate surface area is 35.2 Å². The van der Waals surface area contributed by atoms with Crippen LogP contribution in [0.1, 0.15) is 0 Å². The monoisotopic (exact) mass is 84.0 g/mol. The maximum atomic E-state index is 11.6. The maximum absolute atomic E-state index is 11.6. The summed E-state index contributed by atoms with van der Waals surface area (Å²) in [5, 5.41) is 0. The zero-order valence-corrected chi connectivity index (χ0v) is 3.06. The van der Waals surface area contributed by atoms with Crippen LogP contribution in [0.4, 0.5) is 4.39 Å². The molecule has 0 amide bonds. The Balaban J connectivity index is 2.60. The SMILES string of the molecule is F[C]1C=CC=N1. The Kier molecular flexibility index (Phi) is 0.708. The van der Waals surface area contributed by atoms with Crippen LogP contribution >= 0.6 is 0 Å². The Hall–Kier alpha value is -0.660. The second-order valence-corrected chi connectivity index (χ2v) is 0.960. The second kappa shape index (κ2) is 1.20. The summed E-state index contributed by atoms with van der Waals surface area (Å²) in [7, 11) is 0. The molecule has 1 rings (SSSR count). The van der Waals surface area contributed by atoms with E-state index in [9.17, 15) is 4.39 Å². The van der Waals surface area contributed by atoms with Crippen molar-refractivity contribution in [3.05, 3.63) is 18.4 Å². The molecule has 31 valence electrons. The van der Waals surface area contributed by atoms with E-state index in [1.807, 2.05) is 0 Å². The summed E-state index contributed by atoms with van der Waals surface area (Å²) >= 11 is 0. The van der Waals surface area contributed by atoms with Gasteiger partial charge in [-0.15, -0.1) is 0 Å². The number of rotatable bonds is 0. The van der Waals surface area contributed by atoms with Crippen molar-refractivity contribution in [1.82, 2.24) is 0 Å². The van der Waals surface area contributed by atoms with Gasteiger partial charge in [-0.25, -0.2) is 9.38 Å². The Morgan fingerprint density at radius 3 is 2.67 bits per heavy atom. The van der Waals surface area contributed by atoms with Crippen molar-refractivity contribution in [2.45, 2.75) is 0 Å². The fraction of sp³-hybridized carbons (Fsp3) is 0. The van der Waals surface area contributed by atoms with Crippen molar-refractivity contribution in [1.29, 1.82) is 0 Å². The molecule has 0 aromatic rings. The quantitative estimate of drug-likeness (QED) is 0.389. The lowest BCUT2D eigenvalue weighted by Crippen LogP contribution is -1.64. The number of aliphatic imine (C=N–C) groups is 1. The highest BCUT2D eigenvalue weighted by Crippen LogP contribution is 2.07. The third-order valence-corrected chi connectivity index (χ3v) is 0.518. The largest absolute Gasteiger partial charge is 0.277 e. The molecule has 2 heteroatoms. The molecular weight excluding hydrogens is 81.0 g/mol. The predicted octanol–water partition coefficient (Wildman–Crippen LogP) is 1.09. The van der Waals surface area contributed by atoms with Gasteiger partial charge in [-0.2, -0.15) is 0 Å². The Bertz CT molecular complexity index is 83.7. The molecule has 0 atom stereocenters. The summed E-state index contributed by atoms with van der Waals surface area (Å²) in [5.74, 6) is 0. The van der Waals surface area contributed by atoms with Gasteiger partial charge in [0.05, 0.1) is 0 Å². The molecule has 0 saturated carbocycles. The van der Waals surface area contributed by atoms with Gasteiger partial charge in [0.25, 0.3) is 6.30 Å². The number of allylic oxidation sites excluding steroid dienone is 1. The van der Waals surface area contributed by atoms with Crippen LogP contribution in [0.3, 0.4) is 0 Å². The van der Waals surface area contributed by atoms with Crippen molar-refractivity contribution in [3.63, 3.8) is 0 Å². The van der Waals surface area contributed by atoms with Gasteiger partial charge in [-0.1, -0.05) is 0 Å². The first-order valence-electron chi connectivity index (χ1n) is 1.63. The Morgan fingerprint density at radius 1 is 1.67 bits per heavy atom. The molecule has 0 fully saturated rings. The minimum Gasteiger partial charge on any atom is -0.245 e. The first-order chi connectivity index (χ1) is 2.89. The third-order valence-electron chi connectivity index (χ3n) is 0.518. The highest BCUT2D eigenvalue weighted by atomic mass is 19.1. The zero-order chi connectivity index (χ0) is 4.41. The van der Waals surface area contributed by atoms with Crippen LogP contribution in [0.25, 0.3) is 0 Å². The molecule has 0 aromatic heterocycles. The van der Waals surface area contributed by atoms with Crippen molar-refractivity contribution in [3.8, 4) is 0 Å². The average molecular weight is 84.1 g/mol. The van der Waals surface area contributed by atoms with Crippen LogP contribution in [-0.2, 0) is 0 Å². The summed E-state index contributed by atoms with van der Waals surface area (Å²) in [5.41, 5.74) is 0. The Morgan fingerprint density at radius 2 is 2.50 bits per heavy atom. The molecule has 1 radical (unpaired) electrons. The van der Waals surface area contributed by atoms with Gasteiger partial charge < -0.3 is 0 Å². The molecule has 1 aliphatic rings. The predicted molar refractivity (Wildman–Crippen MR) is 22.0 cm³/mol. The average Bonchev–Trinajstić information content (AvgIpc) is 1.86. The number of hydrogen-bond acceptors (Lipinski definition) is 1. The first-order valence-corrected chi connectivity index (χ1v) is 1.63. The highest BCUT2D eigenvalue weighted by molar-refractivity contribution is 5.75. The molecule has 1 aliphatic heterocycles. The van der Waals surface area contributed by atoms with E-state index in [4.69, 9.17) is 0 Å². The molecule has 0 saturated heterocycles. The topological polar surface area (TPSA) is 12.4 Å². The molecule has 1 heterocycles. The fourth-order valence-electron chi connectivity index (χ4n) is 0.280. The summed E-state index contributed by atoms with van der Waals surface area (Å²) in [6.45, 7) is 0. The van der Waals surface area contributed by atoms with Crippen molar-refractivity contribution >= 4 is 6.21 Å². The molecule has 0 aromatic carbocycles. The van der Waals surface area contributed by atoms with Crippen molar-refractivity contribution in [2.75, 3.05) is 0 Å². The number of hydrogen-bond donors (Lipinski definition) is 0. The van der Waals surface area contributed by atoms with Gasteiger partial charge in [0, 0.05) is 6.21 Å². The highest BCUT2D eigenvalue weighted by Gasteiger charge is 1.98. The van der Waals surface area contributed by atoms with Crippen LogP contribution in [0.2, 0.25) is 0 Å². The molecule has 0 aliphatic carbocycles. The van der Waals surface area contributed by atoms with E-state index in [0.29, 0.717) is 0 Å². The van der Waals surface area contributed by atoms with Gasteiger partial charge in [0.2, 0.25) is 0 Å². The first kappa shape index (κ1) is 3.53. The summed E-state index contributed by atoms with van der Waals surface area (Å²) in [4.78, 5) is 3.25. The fourth-order valence-corrected chi connectivity index (χ4v) is 0.280. The lowest BCUT2D eigenvalue weighted by Gasteiger charge is -1.76. The molecule has 0 N–H and O–H groups in total. The van der Waals surface area contributed by atoms with Crippen molar-refractivity contribution < 1.29 is 4.39 Å². The lowest BCUT2D eigenvalue weighted by atomic mass is 10.6. The number of nitrogens with zero attached hydrogens (tertiary/aromatic N) is 1. The maximum Gasteiger partial charge on any atom is 0.277 e. The third kappa shape index (κ3) is 0.455. The standard InChI is InChI=1S/C4H3FN/c5-4-2-1-3-6-4/h1-3H. The van der Waals surface area contributed by atoms with Gasteiger partial charge in [0.15, 0.2) is 0 Å². The molecule has 0 unspecified atom stereocenters. The van der Waals surface area contributed by atoms with E-state index in [1.165, 1.54) is 12.3 Å². The summed E-state index contributed by atoms with van der Waals surface area (Å²) < 4.78 is 11.6. The molecule has 6 heavy (non-hydrogen) atoms. The van der Waals surface area contributed by atoms with Crippen LogP contribution in [0, 0.1) is 6.30 Å². The van der Waals surface area contributed by atoms with E-state index in [2.05, 4.69) is 4.99 Å². The summed E-state index contributed by atoms with van der Waals surface area (Å²) in [6, 6.07) is 0. The molecular formula is C4H3FN. The van der Waals surface area contributed by atoms with Gasteiger partial charge in [0.1, 0.15) is 0 Å². The van der Waals surface area contributed by atoms with E-state index in [-0.39, 0.29) is 0 Å². The number of halogens is 1. The smallest absolute Gasteiger partial charge is 0.245 e. The molecule has 0 spiro atoms. The lowest BCUT2D eigenvalue weighted by molar-refractivity contribution is 0.548. The van der Waals surface area contributed by atoms with Gasteiger partial charge in [-0.05, 0) is 12.2 Å². The van der Waals surface area contributed by atoms with Crippen LogP contribution in [0.15, 0.2) is 17.1 Å². The van der Waals surface area contributed by atoms with E-state index < -0.39 is 6.30 Å². The van der Waals surface area contributed by atoms with Gasteiger partial charge in [-0.3, -0.25) is 0 Å². The minimum absolute atomic E-state index is 0.407. The second-order valence-electron chi connectivity index (χ2n) is 0.960. The van der Waals surface area contributed by atoms with Crippen LogP contribution in [-0.4, -0.2) is 6.21 Å². The normalized spacial score (nSPS) is 20.2. The molecule has 0 bridgehead atoms. The van der Waals surface area contributed by atoms with Gasteiger partial charge >= 0.3 is 0 Å². The summed E-state index contributed by atoms with van der Waals surface area (Å²) in [6.07, 6.45) is 3.86. The van der Waals surface area contributed by atoms with E-state index in [1.54, 1.807) is 6.08 Å². The van der Waals surface area contributed by atoms with Crippen molar-refractivity contribution in [2.24, 2.45) is 4.99 Å².